The molecule has 2 N–H and O–H groups in total. The second kappa shape index (κ2) is 12.8. The number of alkyl carbamates (subject to hydrolysis) is 1. The summed E-state index contributed by atoms with van der Waals surface area (Å²) in [6, 6.07) is 19.6. The number of hydrogen-bond donors (Lipinski definition) is 2. The summed E-state index contributed by atoms with van der Waals surface area (Å²) in [7, 11) is 0. The minimum atomic E-state index is -1.01. The van der Waals surface area contributed by atoms with E-state index in [4.69, 9.17) is 11.2 Å². The molecule has 3 rings (SSSR count). The smallest absolute Gasteiger partial charge is 0.408 e. The molecule has 0 aliphatic rings. The van der Waals surface area contributed by atoms with E-state index in [2.05, 4.69) is 16.6 Å². The number of rotatable bonds is 9. The minimum Gasteiger partial charge on any atom is -0.444 e. The normalized spacial score (nSPS) is 11.8. The molecule has 38 heavy (non-hydrogen) atoms. The molecule has 7 heteroatoms. The van der Waals surface area contributed by atoms with Crippen LogP contribution in [0.15, 0.2) is 66.7 Å². The van der Waals surface area contributed by atoms with Crippen molar-refractivity contribution in [2.45, 2.75) is 52.2 Å². The van der Waals surface area contributed by atoms with Gasteiger partial charge in [0.25, 0.3) is 5.91 Å². The number of terminal acetylenes is 1. The second-order valence-electron chi connectivity index (χ2n) is 9.98. The van der Waals surface area contributed by atoms with Crippen LogP contribution in [0.25, 0.3) is 10.8 Å². The van der Waals surface area contributed by atoms with Crippen molar-refractivity contribution in [2.24, 2.45) is 0 Å². The first kappa shape index (κ1) is 28.3. The van der Waals surface area contributed by atoms with Crippen molar-refractivity contribution in [3.05, 3.63) is 77.9 Å². The average Bonchev–Trinajstić information content (AvgIpc) is 2.88. The Morgan fingerprint density at radius 2 is 1.68 bits per heavy atom. The topological polar surface area (TPSA) is 87.7 Å². The number of fused-ring (bicyclic) bond motifs is 1. The molecule has 1 unspecified atom stereocenters. The van der Waals surface area contributed by atoms with Gasteiger partial charge in [0.2, 0.25) is 5.91 Å². The molecule has 3 aromatic carbocycles. The maximum Gasteiger partial charge on any atom is 0.408 e. The number of nitrogens with one attached hydrogen (secondary N) is 2. The molecule has 0 aliphatic carbocycles. The first-order valence-corrected chi connectivity index (χ1v) is 12.7. The van der Waals surface area contributed by atoms with Gasteiger partial charge in [-0.05, 0) is 61.7 Å². The third-order valence-electron chi connectivity index (χ3n) is 5.84. The Balaban J connectivity index is 1.95. The van der Waals surface area contributed by atoms with E-state index < -0.39 is 29.6 Å². The molecule has 7 nitrogen and oxygen atoms in total. The molecule has 0 radical (unpaired) electrons. The highest BCUT2D eigenvalue weighted by Gasteiger charge is 2.33. The van der Waals surface area contributed by atoms with Crippen molar-refractivity contribution in [3.8, 4) is 12.3 Å². The van der Waals surface area contributed by atoms with Crippen LogP contribution in [-0.2, 0) is 14.3 Å². The fourth-order valence-electron chi connectivity index (χ4n) is 4.09. The van der Waals surface area contributed by atoms with Crippen LogP contribution in [0.3, 0.4) is 0 Å². The lowest BCUT2D eigenvalue weighted by Crippen LogP contribution is -2.47. The Morgan fingerprint density at radius 1 is 1.00 bits per heavy atom. The summed E-state index contributed by atoms with van der Waals surface area (Å²) in [5.74, 6) is 1.82. The van der Waals surface area contributed by atoms with Gasteiger partial charge >= 0.3 is 6.09 Å². The summed E-state index contributed by atoms with van der Waals surface area (Å²) in [5, 5.41) is 7.52. The number of unbranched alkanes of at least 4 members (excludes halogenated alkanes) is 1. The predicted molar refractivity (Wildman–Crippen MR) is 151 cm³/mol. The Hall–Kier alpha value is -4.31. The van der Waals surface area contributed by atoms with E-state index >= 15 is 0 Å². The van der Waals surface area contributed by atoms with Crippen molar-refractivity contribution in [2.75, 3.05) is 18.4 Å². The zero-order valence-corrected chi connectivity index (χ0v) is 22.4. The zero-order chi connectivity index (χ0) is 27.7. The zero-order valence-electron chi connectivity index (χ0n) is 22.4. The molecule has 3 amide bonds. The van der Waals surface area contributed by atoms with Crippen molar-refractivity contribution < 1.29 is 19.1 Å². The fourth-order valence-corrected chi connectivity index (χ4v) is 4.09. The Kier molecular flexibility index (Phi) is 9.50. The van der Waals surface area contributed by atoms with Crippen LogP contribution in [0.4, 0.5) is 10.5 Å². The van der Waals surface area contributed by atoms with E-state index in [1.165, 1.54) is 4.90 Å². The van der Waals surface area contributed by atoms with Gasteiger partial charge < -0.3 is 20.3 Å². The maximum absolute atomic E-state index is 13.9. The summed E-state index contributed by atoms with van der Waals surface area (Å²) >= 11 is 0. The Bertz CT molecular complexity index is 1340. The SMILES string of the molecule is C#Cc1ccccc1C(C(=O)Nc1ccc2ccccc2c1)N(CCCC)C(=O)CNC(=O)OC(C)(C)C. The number of carbonyl (C=O) groups excluding carboxylic acids is 3. The van der Waals surface area contributed by atoms with Crippen LogP contribution in [0, 0.1) is 12.3 Å². The average molecular weight is 514 g/mol. The molecule has 1 atom stereocenters. The van der Waals surface area contributed by atoms with Gasteiger partial charge in [0.1, 0.15) is 18.2 Å². The molecule has 0 spiro atoms. The Morgan fingerprint density at radius 3 is 2.37 bits per heavy atom. The molecule has 0 bridgehead atoms. The van der Waals surface area contributed by atoms with E-state index in [1.54, 1.807) is 45.0 Å². The van der Waals surface area contributed by atoms with Crippen LogP contribution < -0.4 is 10.6 Å². The number of ether oxygens (including phenoxy) is 1. The van der Waals surface area contributed by atoms with E-state index in [9.17, 15) is 14.4 Å². The van der Waals surface area contributed by atoms with Crippen molar-refractivity contribution in [1.29, 1.82) is 0 Å². The number of carbonyl (C=O) groups is 3. The van der Waals surface area contributed by atoms with Gasteiger partial charge in [0.05, 0.1) is 0 Å². The quantitative estimate of drug-likeness (QED) is 0.362. The van der Waals surface area contributed by atoms with Crippen LogP contribution in [0.5, 0.6) is 0 Å². The van der Waals surface area contributed by atoms with E-state index in [1.807, 2.05) is 49.4 Å². The van der Waals surface area contributed by atoms with E-state index in [0.717, 1.165) is 17.2 Å². The van der Waals surface area contributed by atoms with Crippen molar-refractivity contribution in [3.63, 3.8) is 0 Å². The highest BCUT2D eigenvalue weighted by Crippen LogP contribution is 2.28. The van der Waals surface area contributed by atoms with E-state index in [0.29, 0.717) is 29.8 Å². The van der Waals surface area contributed by atoms with Crippen LogP contribution in [0.1, 0.15) is 57.7 Å². The highest BCUT2D eigenvalue weighted by molar-refractivity contribution is 6.00. The summed E-state index contributed by atoms with van der Waals surface area (Å²) in [4.78, 5) is 41.0. The molecular weight excluding hydrogens is 478 g/mol. The Labute approximate surface area is 224 Å². The van der Waals surface area contributed by atoms with Crippen molar-refractivity contribution >= 4 is 34.4 Å². The third kappa shape index (κ3) is 7.59. The number of hydrogen-bond acceptors (Lipinski definition) is 4. The first-order chi connectivity index (χ1) is 18.1. The third-order valence-corrected chi connectivity index (χ3v) is 5.84. The van der Waals surface area contributed by atoms with Gasteiger partial charge in [-0.1, -0.05) is 67.8 Å². The number of amides is 3. The predicted octanol–water partition coefficient (Wildman–Crippen LogP) is 5.65. The number of nitrogens with zero attached hydrogens (tertiary/aromatic N) is 1. The minimum absolute atomic E-state index is 0.306. The maximum atomic E-state index is 13.9. The molecule has 0 aromatic heterocycles. The van der Waals surface area contributed by atoms with Crippen LogP contribution >= 0.6 is 0 Å². The molecule has 198 valence electrons. The largest absolute Gasteiger partial charge is 0.444 e. The van der Waals surface area contributed by atoms with Crippen molar-refractivity contribution in [1.82, 2.24) is 10.2 Å². The van der Waals surface area contributed by atoms with Crippen LogP contribution in [0.2, 0.25) is 0 Å². The standard InChI is InChI=1S/C31H35N3O4/c1-6-8-19-34(27(35)21-32-30(37)38-31(3,4)5)28(26-16-12-11-13-22(26)7-2)29(36)33-25-18-17-23-14-9-10-15-24(23)20-25/h2,9-18,20,28H,6,8,19,21H2,1,3-5H3,(H,32,37)(H,33,36). The summed E-state index contributed by atoms with van der Waals surface area (Å²) in [6.07, 6.45) is 6.54. The van der Waals surface area contributed by atoms with Gasteiger partial charge in [-0.15, -0.1) is 6.42 Å². The monoisotopic (exact) mass is 513 g/mol. The fraction of sp³-hybridized carbons (Fsp3) is 0.323. The molecule has 0 aliphatic heterocycles. The van der Waals surface area contributed by atoms with Crippen LogP contribution in [-0.4, -0.2) is 41.5 Å². The lowest BCUT2D eigenvalue weighted by molar-refractivity contribution is -0.138. The number of anilines is 1. The number of benzene rings is 3. The second-order valence-corrected chi connectivity index (χ2v) is 9.98. The lowest BCUT2D eigenvalue weighted by Gasteiger charge is -2.32. The lowest BCUT2D eigenvalue weighted by atomic mass is 9.97. The molecule has 0 saturated heterocycles. The molecular formula is C31H35N3O4. The highest BCUT2D eigenvalue weighted by atomic mass is 16.6. The van der Waals surface area contributed by atoms with Gasteiger partial charge in [0.15, 0.2) is 0 Å². The van der Waals surface area contributed by atoms with Gasteiger partial charge in [0, 0.05) is 17.8 Å². The summed E-state index contributed by atoms with van der Waals surface area (Å²) < 4.78 is 5.27. The van der Waals surface area contributed by atoms with Gasteiger partial charge in [-0.2, -0.15) is 0 Å². The first-order valence-electron chi connectivity index (χ1n) is 12.7. The summed E-state index contributed by atoms with van der Waals surface area (Å²) in [5.41, 5.74) is 0.950. The molecule has 0 saturated carbocycles. The summed E-state index contributed by atoms with van der Waals surface area (Å²) in [6.45, 7) is 7.21. The van der Waals surface area contributed by atoms with E-state index in [-0.39, 0.29) is 6.54 Å². The molecule has 3 aromatic rings. The van der Waals surface area contributed by atoms with Gasteiger partial charge in [-0.25, -0.2) is 4.79 Å². The molecule has 0 heterocycles. The van der Waals surface area contributed by atoms with Gasteiger partial charge in [-0.3, -0.25) is 9.59 Å². The molecule has 0 fully saturated rings.